The number of carboxylic acids is 1. The number of aromatic nitrogens is 2. The lowest BCUT2D eigenvalue weighted by Crippen LogP contribution is -2.09. The predicted molar refractivity (Wildman–Crippen MR) is 66.8 cm³/mol. The van der Waals surface area contributed by atoms with Crippen molar-refractivity contribution < 1.29 is 14.3 Å². The molecule has 0 atom stereocenters. The second-order valence-corrected chi connectivity index (χ2v) is 4.56. The summed E-state index contributed by atoms with van der Waals surface area (Å²) in [5, 5.41) is 8.84. The van der Waals surface area contributed by atoms with Crippen molar-refractivity contribution in [2.24, 2.45) is 0 Å². The van der Waals surface area contributed by atoms with Gasteiger partial charge in [0.1, 0.15) is 11.6 Å². The van der Waals surface area contributed by atoms with Gasteiger partial charge >= 0.3 is 5.97 Å². The van der Waals surface area contributed by atoms with E-state index in [-0.39, 0.29) is 21.4 Å². The van der Waals surface area contributed by atoms with E-state index in [1.165, 1.54) is 12.1 Å². The first kappa shape index (κ1) is 13.1. The number of halogens is 1. The maximum atomic E-state index is 13.7. The zero-order valence-electron chi connectivity index (χ0n) is 9.38. The first-order chi connectivity index (χ1) is 8.95. The number of carbonyl (C=O) groups is 1. The first-order valence-corrected chi connectivity index (χ1v) is 5.85. The summed E-state index contributed by atoms with van der Waals surface area (Å²) in [5.41, 5.74) is 4.80. The van der Waals surface area contributed by atoms with Crippen LogP contribution in [0.4, 0.5) is 10.2 Å². The third-order valence-corrected chi connectivity index (χ3v) is 3.06. The monoisotopic (exact) mass is 281 g/mol. The van der Waals surface area contributed by atoms with Crippen molar-refractivity contribution in [2.75, 3.05) is 5.73 Å². The van der Waals surface area contributed by atoms with Crippen molar-refractivity contribution in [3.8, 4) is 0 Å². The normalized spacial score (nSPS) is 10.4. The summed E-state index contributed by atoms with van der Waals surface area (Å²) < 4.78 is 13.7. The molecule has 4 N–H and O–H groups in total. The van der Waals surface area contributed by atoms with Crippen molar-refractivity contribution in [3.63, 3.8) is 0 Å². The fraction of sp³-hybridized carbons (Fsp3) is 0. The highest BCUT2D eigenvalue weighted by molar-refractivity contribution is 7.99. The number of anilines is 1. The van der Waals surface area contributed by atoms with E-state index < -0.39 is 17.3 Å². The number of nitrogens with two attached hydrogens (primary N) is 1. The Labute approximate surface area is 110 Å². The highest BCUT2D eigenvalue weighted by atomic mass is 32.2. The molecule has 0 saturated carbocycles. The number of carboxylic acid groups (broad SMARTS) is 1. The SMILES string of the molecule is Nc1cc(=O)[nH]c(Sc2ccc(C(=O)O)cc2F)n1. The molecule has 0 radical (unpaired) electrons. The van der Waals surface area contributed by atoms with Crippen LogP contribution in [0.15, 0.2) is 39.1 Å². The molecule has 0 spiro atoms. The van der Waals surface area contributed by atoms with Crippen molar-refractivity contribution >= 4 is 23.5 Å². The van der Waals surface area contributed by atoms with Gasteiger partial charge in [-0.1, -0.05) is 0 Å². The van der Waals surface area contributed by atoms with Crippen molar-refractivity contribution in [2.45, 2.75) is 10.1 Å². The fourth-order valence-electron chi connectivity index (χ4n) is 1.32. The van der Waals surface area contributed by atoms with Crippen LogP contribution in [0.2, 0.25) is 0 Å². The maximum absolute atomic E-state index is 13.7. The number of aromatic carboxylic acids is 1. The van der Waals surface area contributed by atoms with Crippen LogP contribution in [0, 0.1) is 5.82 Å². The van der Waals surface area contributed by atoms with Crippen LogP contribution in [0.3, 0.4) is 0 Å². The minimum absolute atomic E-state index is 0.0221. The van der Waals surface area contributed by atoms with Crippen LogP contribution in [-0.4, -0.2) is 21.0 Å². The van der Waals surface area contributed by atoms with Gasteiger partial charge in [0.25, 0.3) is 5.56 Å². The summed E-state index contributed by atoms with van der Waals surface area (Å²) in [4.78, 5) is 28.2. The number of rotatable bonds is 3. The second kappa shape index (κ2) is 5.11. The van der Waals surface area contributed by atoms with Gasteiger partial charge in [0.2, 0.25) is 0 Å². The van der Waals surface area contributed by atoms with Crippen LogP contribution in [0.1, 0.15) is 10.4 Å². The number of nitrogens with one attached hydrogen (secondary N) is 1. The van der Waals surface area contributed by atoms with Gasteiger partial charge in [-0.15, -0.1) is 0 Å². The lowest BCUT2D eigenvalue weighted by Gasteiger charge is -2.03. The van der Waals surface area contributed by atoms with Crippen molar-refractivity contribution in [1.82, 2.24) is 9.97 Å². The molecule has 0 amide bonds. The van der Waals surface area contributed by atoms with E-state index in [4.69, 9.17) is 10.8 Å². The molecule has 1 heterocycles. The van der Waals surface area contributed by atoms with Crippen molar-refractivity contribution in [1.29, 1.82) is 0 Å². The van der Waals surface area contributed by atoms with E-state index in [2.05, 4.69) is 9.97 Å². The Hall–Kier alpha value is -2.35. The summed E-state index contributed by atoms with van der Waals surface area (Å²) in [7, 11) is 0. The molecular formula is C11H8FN3O3S. The number of hydrogen-bond acceptors (Lipinski definition) is 5. The Morgan fingerprint density at radius 3 is 2.74 bits per heavy atom. The Balaban J connectivity index is 2.33. The lowest BCUT2D eigenvalue weighted by atomic mass is 10.2. The van der Waals surface area contributed by atoms with E-state index in [1.807, 2.05) is 0 Å². The minimum atomic E-state index is -1.22. The molecule has 0 aliphatic carbocycles. The Morgan fingerprint density at radius 2 is 2.16 bits per heavy atom. The molecule has 98 valence electrons. The van der Waals surface area contributed by atoms with Crippen LogP contribution >= 0.6 is 11.8 Å². The number of hydrogen-bond donors (Lipinski definition) is 3. The molecule has 2 rings (SSSR count). The van der Waals surface area contributed by atoms with Crippen LogP contribution in [0.25, 0.3) is 0 Å². The van der Waals surface area contributed by atoms with Crippen molar-refractivity contribution in [3.05, 3.63) is 46.0 Å². The van der Waals surface area contributed by atoms with E-state index >= 15 is 0 Å². The highest BCUT2D eigenvalue weighted by Crippen LogP contribution is 2.27. The second-order valence-electron chi connectivity index (χ2n) is 3.53. The molecule has 0 fully saturated rings. The quantitative estimate of drug-likeness (QED) is 0.732. The molecule has 1 aromatic carbocycles. The zero-order valence-corrected chi connectivity index (χ0v) is 10.2. The van der Waals surface area contributed by atoms with E-state index in [0.717, 1.165) is 23.9 Å². The van der Waals surface area contributed by atoms with Gasteiger partial charge in [-0.05, 0) is 30.0 Å². The molecule has 0 bridgehead atoms. The summed E-state index contributed by atoms with van der Waals surface area (Å²) in [6, 6.07) is 4.56. The molecule has 1 aromatic heterocycles. The largest absolute Gasteiger partial charge is 0.478 e. The van der Waals surface area contributed by atoms with Crippen LogP contribution in [0.5, 0.6) is 0 Å². The third-order valence-electron chi connectivity index (χ3n) is 2.13. The fourth-order valence-corrected chi connectivity index (χ4v) is 2.13. The predicted octanol–water partition coefficient (Wildman–Crippen LogP) is 1.34. The lowest BCUT2D eigenvalue weighted by molar-refractivity contribution is 0.0696. The smallest absolute Gasteiger partial charge is 0.335 e. The average Bonchev–Trinajstić information content (AvgIpc) is 2.30. The first-order valence-electron chi connectivity index (χ1n) is 5.03. The average molecular weight is 281 g/mol. The van der Waals surface area contributed by atoms with Crippen LogP contribution < -0.4 is 11.3 Å². The summed E-state index contributed by atoms with van der Waals surface area (Å²) in [6.45, 7) is 0. The van der Waals surface area contributed by atoms with Gasteiger partial charge < -0.3 is 15.8 Å². The standard InChI is InChI=1S/C11H8FN3O3S/c12-6-3-5(10(17)18)1-2-7(6)19-11-14-8(13)4-9(16)15-11/h1-4H,(H,17,18)(H3,13,14,15,16). The Bertz CT molecular complexity index is 702. The highest BCUT2D eigenvalue weighted by Gasteiger charge is 2.10. The molecule has 8 heteroatoms. The molecule has 0 unspecified atom stereocenters. The summed E-state index contributed by atoms with van der Waals surface area (Å²) in [6.07, 6.45) is 0. The van der Waals surface area contributed by atoms with Gasteiger partial charge in [-0.3, -0.25) is 4.79 Å². The molecule has 0 aliphatic heterocycles. The molecule has 0 aliphatic rings. The number of benzene rings is 1. The minimum Gasteiger partial charge on any atom is -0.478 e. The number of H-pyrrole nitrogens is 1. The molecule has 6 nitrogen and oxygen atoms in total. The molecule has 0 saturated heterocycles. The van der Waals surface area contributed by atoms with Gasteiger partial charge in [0.15, 0.2) is 5.16 Å². The van der Waals surface area contributed by atoms with Gasteiger partial charge in [0, 0.05) is 6.07 Å². The number of nitrogens with zero attached hydrogens (tertiary/aromatic N) is 1. The summed E-state index contributed by atoms with van der Waals surface area (Å²) >= 11 is 0.848. The van der Waals surface area contributed by atoms with Crippen LogP contribution in [-0.2, 0) is 0 Å². The number of nitrogen functional groups attached to an aromatic ring is 1. The number of aromatic amines is 1. The zero-order chi connectivity index (χ0) is 14.0. The topological polar surface area (TPSA) is 109 Å². The van der Waals surface area contributed by atoms with Gasteiger partial charge in [-0.2, -0.15) is 0 Å². The van der Waals surface area contributed by atoms with E-state index in [0.29, 0.717) is 0 Å². The molecule has 19 heavy (non-hydrogen) atoms. The van der Waals surface area contributed by atoms with Gasteiger partial charge in [-0.25, -0.2) is 14.2 Å². The van der Waals surface area contributed by atoms with E-state index in [1.54, 1.807) is 0 Å². The Kier molecular flexibility index (Phi) is 3.52. The molecule has 2 aromatic rings. The maximum Gasteiger partial charge on any atom is 0.335 e. The van der Waals surface area contributed by atoms with E-state index in [9.17, 15) is 14.0 Å². The van der Waals surface area contributed by atoms with Gasteiger partial charge in [0.05, 0.1) is 10.5 Å². The Morgan fingerprint density at radius 1 is 1.42 bits per heavy atom. The summed E-state index contributed by atoms with van der Waals surface area (Å²) in [5.74, 6) is -1.91. The third kappa shape index (κ3) is 3.10. The molecular weight excluding hydrogens is 273 g/mol.